The topological polar surface area (TPSA) is 84.7 Å². The van der Waals surface area contributed by atoms with E-state index in [4.69, 9.17) is 10.5 Å². The van der Waals surface area contributed by atoms with E-state index in [1.54, 1.807) is 0 Å². The Morgan fingerprint density at radius 1 is 1.27 bits per heavy atom. The zero-order valence-corrected chi connectivity index (χ0v) is 15.8. The molecule has 0 spiro atoms. The van der Waals surface area contributed by atoms with Gasteiger partial charge in [0, 0.05) is 39.3 Å². The average molecular weight is 382 g/mol. The molecule has 26 heavy (non-hydrogen) atoms. The highest BCUT2D eigenvalue weighted by molar-refractivity contribution is 5.85. The molecule has 2 heterocycles. The van der Waals surface area contributed by atoms with Gasteiger partial charge < -0.3 is 20.7 Å². The van der Waals surface area contributed by atoms with E-state index in [2.05, 4.69) is 5.32 Å². The maximum absolute atomic E-state index is 12.4. The minimum atomic E-state index is -0.490. The van der Waals surface area contributed by atoms with E-state index in [0.29, 0.717) is 32.7 Å². The van der Waals surface area contributed by atoms with Crippen molar-refractivity contribution >= 4 is 24.2 Å². The van der Waals surface area contributed by atoms with Gasteiger partial charge in [0.1, 0.15) is 0 Å². The van der Waals surface area contributed by atoms with E-state index < -0.39 is 6.04 Å². The lowest BCUT2D eigenvalue weighted by Crippen LogP contribution is -2.46. The van der Waals surface area contributed by atoms with E-state index in [-0.39, 0.29) is 30.1 Å². The molecule has 1 aromatic carbocycles. The van der Waals surface area contributed by atoms with Crippen LogP contribution >= 0.6 is 12.4 Å². The number of halogens is 1. The van der Waals surface area contributed by atoms with Crippen LogP contribution in [0.5, 0.6) is 0 Å². The lowest BCUT2D eigenvalue weighted by atomic mass is 9.92. The molecule has 1 unspecified atom stereocenters. The number of nitrogens with two attached hydrogens (primary N) is 1. The fourth-order valence-corrected chi connectivity index (χ4v) is 3.55. The maximum atomic E-state index is 12.4. The zero-order valence-electron chi connectivity index (χ0n) is 15.0. The Hall–Kier alpha value is -1.63. The van der Waals surface area contributed by atoms with Gasteiger partial charge >= 0.3 is 0 Å². The van der Waals surface area contributed by atoms with Gasteiger partial charge in [-0.1, -0.05) is 24.3 Å². The standard InChI is InChI=1S/C19H27N3O3.ClH/c20-18(14-7-10-25-11-8-14)19(24)21-12-15-4-1-2-5-16(15)13-22-9-3-6-17(22)23;/h1-2,4-5,14,18H,3,6-13,20H2,(H,21,24);1H. The van der Waals surface area contributed by atoms with E-state index in [1.807, 2.05) is 29.2 Å². The summed E-state index contributed by atoms with van der Waals surface area (Å²) >= 11 is 0. The van der Waals surface area contributed by atoms with E-state index in [0.717, 1.165) is 36.9 Å². The SMILES string of the molecule is Cl.NC(C(=O)NCc1ccccc1CN1CCCC1=O)C1CCOCC1. The first-order chi connectivity index (χ1) is 12.1. The van der Waals surface area contributed by atoms with Crippen LogP contribution in [0.25, 0.3) is 0 Å². The molecule has 2 aliphatic heterocycles. The number of likely N-dealkylation sites (tertiary alicyclic amines) is 1. The van der Waals surface area contributed by atoms with Gasteiger partial charge in [-0.25, -0.2) is 0 Å². The Morgan fingerprint density at radius 3 is 2.62 bits per heavy atom. The van der Waals surface area contributed by atoms with E-state index >= 15 is 0 Å². The maximum Gasteiger partial charge on any atom is 0.237 e. The Morgan fingerprint density at radius 2 is 1.96 bits per heavy atom. The number of ether oxygens (including phenoxy) is 1. The Bertz CT molecular complexity index is 620. The molecule has 1 atom stereocenters. The molecule has 3 rings (SSSR count). The second-order valence-corrected chi connectivity index (χ2v) is 6.88. The van der Waals surface area contributed by atoms with Gasteiger partial charge in [0.2, 0.25) is 11.8 Å². The van der Waals surface area contributed by atoms with Crippen molar-refractivity contribution in [3.05, 3.63) is 35.4 Å². The fraction of sp³-hybridized carbons (Fsp3) is 0.579. The van der Waals surface area contributed by atoms with Gasteiger partial charge in [-0.15, -0.1) is 12.4 Å². The summed E-state index contributed by atoms with van der Waals surface area (Å²) in [5.74, 6) is 0.283. The van der Waals surface area contributed by atoms with Gasteiger partial charge in [0.25, 0.3) is 0 Å². The summed E-state index contributed by atoms with van der Waals surface area (Å²) in [6.45, 7) is 3.22. The number of benzene rings is 1. The van der Waals surface area contributed by atoms with Gasteiger partial charge in [-0.3, -0.25) is 9.59 Å². The summed E-state index contributed by atoms with van der Waals surface area (Å²) in [6, 6.07) is 7.45. The van der Waals surface area contributed by atoms with Crippen molar-refractivity contribution in [1.29, 1.82) is 0 Å². The van der Waals surface area contributed by atoms with Crippen LogP contribution in [0.3, 0.4) is 0 Å². The molecule has 144 valence electrons. The largest absolute Gasteiger partial charge is 0.381 e. The van der Waals surface area contributed by atoms with Crippen LogP contribution in [0.15, 0.2) is 24.3 Å². The first-order valence-electron chi connectivity index (χ1n) is 9.11. The van der Waals surface area contributed by atoms with Crippen molar-refractivity contribution in [1.82, 2.24) is 10.2 Å². The van der Waals surface area contributed by atoms with Crippen molar-refractivity contribution in [2.24, 2.45) is 11.7 Å². The number of hydrogen-bond donors (Lipinski definition) is 2. The predicted molar refractivity (Wildman–Crippen MR) is 102 cm³/mol. The smallest absolute Gasteiger partial charge is 0.237 e. The van der Waals surface area contributed by atoms with Crippen molar-refractivity contribution in [2.75, 3.05) is 19.8 Å². The monoisotopic (exact) mass is 381 g/mol. The molecule has 0 aromatic heterocycles. The van der Waals surface area contributed by atoms with Crippen LogP contribution < -0.4 is 11.1 Å². The van der Waals surface area contributed by atoms with Crippen molar-refractivity contribution < 1.29 is 14.3 Å². The minimum Gasteiger partial charge on any atom is -0.381 e. The number of carbonyl (C=O) groups excluding carboxylic acids is 2. The highest BCUT2D eigenvalue weighted by Crippen LogP contribution is 2.19. The first-order valence-corrected chi connectivity index (χ1v) is 9.11. The molecule has 2 aliphatic rings. The Labute approximate surface area is 160 Å². The Balaban J connectivity index is 0.00000243. The summed E-state index contributed by atoms with van der Waals surface area (Å²) in [7, 11) is 0. The van der Waals surface area contributed by atoms with Gasteiger partial charge in [0.05, 0.1) is 6.04 Å². The molecule has 0 aliphatic carbocycles. The second-order valence-electron chi connectivity index (χ2n) is 6.88. The third-order valence-corrected chi connectivity index (χ3v) is 5.18. The summed E-state index contributed by atoms with van der Waals surface area (Å²) in [5, 5.41) is 2.96. The van der Waals surface area contributed by atoms with Crippen molar-refractivity contribution in [3.63, 3.8) is 0 Å². The summed E-state index contributed by atoms with van der Waals surface area (Å²) < 4.78 is 5.33. The summed E-state index contributed by atoms with van der Waals surface area (Å²) in [4.78, 5) is 26.1. The molecule has 0 saturated carbocycles. The minimum absolute atomic E-state index is 0. The molecule has 2 amide bonds. The van der Waals surface area contributed by atoms with Crippen LogP contribution in [0, 0.1) is 5.92 Å². The highest BCUT2D eigenvalue weighted by Gasteiger charge is 2.26. The fourth-order valence-electron chi connectivity index (χ4n) is 3.55. The van der Waals surface area contributed by atoms with E-state index in [9.17, 15) is 9.59 Å². The molecular formula is C19H28ClN3O3. The van der Waals surface area contributed by atoms with Gasteiger partial charge in [0.15, 0.2) is 0 Å². The van der Waals surface area contributed by atoms with Crippen LogP contribution in [-0.4, -0.2) is 42.5 Å². The normalized spacial score (nSPS) is 19.1. The molecule has 1 aromatic rings. The number of amides is 2. The predicted octanol–water partition coefficient (Wildman–Crippen LogP) is 1.60. The Kier molecular flexibility index (Phi) is 7.87. The second kappa shape index (κ2) is 9.90. The lowest BCUT2D eigenvalue weighted by molar-refractivity contribution is -0.128. The summed E-state index contributed by atoms with van der Waals surface area (Å²) in [6.07, 6.45) is 3.24. The van der Waals surface area contributed by atoms with Crippen LogP contribution in [0.1, 0.15) is 36.8 Å². The van der Waals surface area contributed by atoms with E-state index in [1.165, 1.54) is 0 Å². The molecule has 6 nitrogen and oxygen atoms in total. The first kappa shape index (κ1) is 20.7. The van der Waals surface area contributed by atoms with Crippen molar-refractivity contribution in [3.8, 4) is 0 Å². The highest BCUT2D eigenvalue weighted by atomic mass is 35.5. The zero-order chi connectivity index (χ0) is 17.6. The summed E-state index contributed by atoms with van der Waals surface area (Å²) in [5.41, 5.74) is 8.24. The van der Waals surface area contributed by atoms with Gasteiger partial charge in [-0.05, 0) is 36.3 Å². The van der Waals surface area contributed by atoms with Crippen LogP contribution in [-0.2, 0) is 27.4 Å². The van der Waals surface area contributed by atoms with Crippen LogP contribution in [0.4, 0.5) is 0 Å². The molecular weight excluding hydrogens is 354 g/mol. The molecule has 7 heteroatoms. The number of nitrogens with one attached hydrogen (secondary N) is 1. The van der Waals surface area contributed by atoms with Gasteiger partial charge in [-0.2, -0.15) is 0 Å². The number of nitrogens with zero attached hydrogens (tertiary/aromatic N) is 1. The number of hydrogen-bond acceptors (Lipinski definition) is 4. The number of carbonyl (C=O) groups is 2. The molecule has 3 N–H and O–H groups in total. The molecule has 0 radical (unpaired) electrons. The lowest BCUT2D eigenvalue weighted by Gasteiger charge is -2.27. The van der Waals surface area contributed by atoms with Crippen molar-refractivity contribution in [2.45, 2.75) is 44.8 Å². The molecule has 2 fully saturated rings. The van der Waals surface area contributed by atoms with Crippen LogP contribution in [0.2, 0.25) is 0 Å². The number of rotatable bonds is 6. The molecule has 0 bridgehead atoms. The quantitative estimate of drug-likeness (QED) is 0.783. The third kappa shape index (κ3) is 5.19. The average Bonchev–Trinajstić information content (AvgIpc) is 3.05. The third-order valence-electron chi connectivity index (χ3n) is 5.18. The molecule has 2 saturated heterocycles.